The first kappa shape index (κ1) is 15.4. The van der Waals surface area contributed by atoms with Crippen molar-refractivity contribution >= 4 is 33.4 Å². The Morgan fingerprint density at radius 3 is 2.76 bits per heavy atom. The van der Waals surface area contributed by atoms with Crippen molar-refractivity contribution in [2.45, 2.75) is 33.2 Å². The third-order valence-electron chi connectivity index (χ3n) is 3.18. The molecule has 0 unspecified atom stereocenters. The Kier molecular flexibility index (Phi) is 4.90. The minimum atomic E-state index is -0.277. The molecule has 0 spiro atoms. The lowest BCUT2D eigenvalue weighted by Gasteiger charge is -2.04. The molecule has 1 aromatic heterocycles. The molecule has 2 rings (SSSR count). The summed E-state index contributed by atoms with van der Waals surface area (Å²) in [5.74, 6) is -0.523. The summed E-state index contributed by atoms with van der Waals surface area (Å²) in [7, 11) is 1.37. The molecule has 0 radical (unpaired) electrons. The number of methoxy groups -OCH3 is 1. The molecule has 5 nitrogen and oxygen atoms in total. The maximum absolute atomic E-state index is 11.3. The summed E-state index contributed by atoms with van der Waals surface area (Å²) in [4.78, 5) is 27.3. The Hall–Kier alpha value is -1.95. The smallest absolute Gasteiger partial charge is 0.307 e. The minimum absolute atomic E-state index is 0.246. The van der Waals surface area contributed by atoms with E-state index in [-0.39, 0.29) is 18.3 Å². The van der Waals surface area contributed by atoms with Gasteiger partial charge >= 0.3 is 5.97 Å². The van der Waals surface area contributed by atoms with Crippen LogP contribution in [0, 0.1) is 0 Å². The van der Waals surface area contributed by atoms with Gasteiger partial charge in [-0.05, 0) is 24.1 Å². The Morgan fingerprint density at radius 2 is 2.14 bits per heavy atom. The first-order valence-electron chi connectivity index (χ1n) is 6.79. The SMILES string of the molecule is CCc1ccc2c(c1)sc(=NC(C)=O)n2CCC(=O)OC. The lowest BCUT2D eigenvalue weighted by atomic mass is 10.2. The first-order chi connectivity index (χ1) is 10.0. The summed E-state index contributed by atoms with van der Waals surface area (Å²) in [6.07, 6.45) is 1.21. The van der Waals surface area contributed by atoms with Crippen molar-refractivity contribution in [3.63, 3.8) is 0 Å². The van der Waals surface area contributed by atoms with E-state index in [2.05, 4.69) is 28.8 Å². The van der Waals surface area contributed by atoms with Crippen LogP contribution in [0.25, 0.3) is 10.2 Å². The second-order valence-corrected chi connectivity index (χ2v) is 5.66. The van der Waals surface area contributed by atoms with Crippen LogP contribution in [0.1, 0.15) is 25.8 Å². The van der Waals surface area contributed by atoms with Crippen molar-refractivity contribution in [1.82, 2.24) is 4.57 Å². The molecule has 0 aliphatic heterocycles. The molecule has 6 heteroatoms. The average molecular weight is 306 g/mol. The first-order valence-corrected chi connectivity index (χ1v) is 7.61. The van der Waals surface area contributed by atoms with Gasteiger partial charge in [0.05, 0.1) is 23.7 Å². The van der Waals surface area contributed by atoms with E-state index in [9.17, 15) is 9.59 Å². The van der Waals surface area contributed by atoms with Crippen LogP contribution < -0.4 is 4.80 Å². The fraction of sp³-hybridized carbons (Fsp3) is 0.400. The lowest BCUT2D eigenvalue weighted by Crippen LogP contribution is -2.18. The second kappa shape index (κ2) is 6.67. The zero-order chi connectivity index (χ0) is 15.4. The predicted octanol–water partition coefficient (Wildman–Crippen LogP) is 2.28. The van der Waals surface area contributed by atoms with Gasteiger partial charge in [0.25, 0.3) is 0 Å². The fourth-order valence-corrected chi connectivity index (χ4v) is 3.24. The summed E-state index contributed by atoms with van der Waals surface area (Å²) in [6, 6.07) is 6.18. The maximum atomic E-state index is 11.3. The summed E-state index contributed by atoms with van der Waals surface area (Å²) in [5, 5.41) is 0. The van der Waals surface area contributed by atoms with Crippen molar-refractivity contribution in [1.29, 1.82) is 0 Å². The number of esters is 1. The number of hydrogen-bond acceptors (Lipinski definition) is 4. The zero-order valence-electron chi connectivity index (χ0n) is 12.4. The van der Waals surface area contributed by atoms with Crippen LogP contribution >= 0.6 is 11.3 Å². The number of ether oxygens (including phenoxy) is 1. The molecule has 0 aliphatic carbocycles. The monoisotopic (exact) mass is 306 g/mol. The normalized spacial score (nSPS) is 11.9. The summed E-state index contributed by atoms with van der Waals surface area (Å²) in [6.45, 7) is 3.97. The standard InChI is InChI=1S/C15H18N2O3S/c1-4-11-5-6-12-13(9-11)21-15(16-10(2)18)17(12)8-7-14(19)20-3/h5-6,9H,4,7-8H2,1-3H3. The molecule has 112 valence electrons. The van der Waals surface area contributed by atoms with Crippen molar-refractivity contribution in [3.05, 3.63) is 28.6 Å². The van der Waals surface area contributed by atoms with Crippen LogP contribution in [0.15, 0.2) is 23.2 Å². The molecule has 1 heterocycles. The topological polar surface area (TPSA) is 60.7 Å². The van der Waals surface area contributed by atoms with Gasteiger partial charge in [0.2, 0.25) is 5.91 Å². The molecule has 21 heavy (non-hydrogen) atoms. The highest BCUT2D eigenvalue weighted by Gasteiger charge is 2.09. The Bertz CT molecular complexity index is 743. The molecule has 1 aromatic carbocycles. The largest absolute Gasteiger partial charge is 0.469 e. The summed E-state index contributed by atoms with van der Waals surface area (Å²) >= 11 is 1.46. The number of fused-ring (bicyclic) bond motifs is 1. The van der Waals surface area contributed by atoms with Crippen LogP contribution in [0.4, 0.5) is 0 Å². The van der Waals surface area contributed by atoms with E-state index in [1.807, 2.05) is 10.6 Å². The van der Waals surface area contributed by atoms with Crippen molar-refractivity contribution in [2.24, 2.45) is 4.99 Å². The highest BCUT2D eigenvalue weighted by atomic mass is 32.1. The van der Waals surface area contributed by atoms with E-state index >= 15 is 0 Å². The van der Waals surface area contributed by atoms with Gasteiger partial charge in [-0.3, -0.25) is 9.59 Å². The number of nitrogens with zero attached hydrogens (tertiary/aromatic N) is 2. The van der Waals surface area contributed by atoms with Crippen LogP contribution in [0.2, 0.25) is 0 Å². The number of rotatable bonds is 4. The van der Waals surface area contributed by atoms with Crippen LogP contribution in [0.5, 0.6) is 0 Å². The average Bonchev–Trinajstić information content (AvgIpc) is 2.79. The molecular weight excluding hydrogens is 288 g/mol. The van der Waals surface area contributed by atoms with Gasteiger partial charge in [-0.1, -0.05) is 24.3 Å². The molecular formula is C15H18N2O3S. The van der Waals surface area contributed by atoms with Crippen molar-refractivity contribution in [2.75, 3.05) is 7.11 Å². The van der Waals surface area contributed by atoms with Crippen molar-refractivity contribution < 1.29 is 14.3 Å². The molecule has 0 saturated carbocycles. The van der Waals surface area contributed by atoms with E-state index in [0.29, 0.717) is 11.3 Å². The molecule has 0 fully saturated rings. The van der Waals surface area contributed by atoms with E-state index in [1.54, 1.807) is 0 Å². The van der Waals surface area contributed by atoms with Gasteiger partial charge < -0.3 is 9.30 Å². The molecule has 2 aromatic rings. The Morgan fingerprint density at radius 1 is 1.38 bits per heavy atom. The van der Waals surface area contributed by atoms with Crippen LogP contribution in [-0.4, -0.2) is 23.6 Å². The van der Waals surface area contributed by atoms with Gasteiger partial charge in [-0.15, -0.1) is 0 Å². The number of aromatic nitrogens is 1. The predicted molar refractivity (Wildman–Crippen MR) is 82.1 cm³/mol. The number of aryl methyl sites for hydroxylation is 2. The van der Waals surface area contributed by atoms with Gasteiger partial charge in [-0.25, -0.2) is 0 Å². The van der Waals surface area contributed by atoms with Gasteiger partial charge in [0, 0.05) is 13.5 Å². The van der Waals surface area contributed by atoms with Gasteiger partial charge in [0.1, 0.15) is 0 Å². The summed E-state index contributed by atoms with van der Waals surface area (Å²) < 4.78 is 7.64. The second-order valence-electron chi connectivity index (χ2n) is 4.65. The van der Waals surface area contributed by atoms with E-state index < -0.39 is 0 Å². The fourth-order valence-electron chi connectivity index (χ4n) is 2.08. The molecule has 0 N–H and O–H groups in total. The van der Waals surface area contributed by atoms with Crippen LogP contribution in [-0.2, 0) is 27.3 Å². The Labute approximate surface area is 126 Å². The van der Waals surface area contributed by atoms with Crippen LogP contribution in [0.3, 0.4) is 0 Å². The third-order valence-corrected chi connectivity index (χ3v) is 4.22. The number of thiazole rings is 1. The number of amides is 1. The van der Waals surface area contributed by atoms with Crippen molar-refractivity contribution in [3.8, 4) is 0 Å². The number of carbonyl (C=O) groups excluding carboxylic acids is 2. The molecule has 0 bridgehead atoms. The molecule has 1 amide bonds. The lowest BCUT2D eigenvalue weighted by molar-refractivity contribution is -0.140. The summed E-state index contributed by atoms with van der Waals surface area (Å²) in [5.41, 5.74) is 2.22. The molecule has 0 saturated heterocycles. The molecule has 0 aliphatic rings. The highest BCUT2D eigenvalue weighted by Crippen LogP contribution is 2.20. The quantitative estimate of drug-likeness (QED) is 0.814. The number of carbonyl (C=O) groups is 2. The van der Waals surface area contributed by atoms with E-state index in [4.69, 9.17) is 0 Å². The minimum Gasteiger partial charge on any atom is -0.469 e. The number of benzene rings is 1. The van der Waals surface area contributed by atoms with E-state index in [1.165, 1.54) is 30.9 Å². The third kappa shape index (κ3) is 3.58. The van der Waals surface area contributed by atoms with E-state index in [0.717, 1.165) is 16.6 Å². The van der Waals surface area contributed by atoms with Gasteiger partial charge in [-0.2, -0.15) is 4.99 Å². The highest BCUT2D eigenvalue weighted by molar-refractivity contribution is 7.16. The molecule has 0 atom stereocenters. The maximum Gasteiger partial charge on any atom is 0.307 e. The van der Waals surface area contributed by atoms with Gasteiger partial charge in [0.15, 0.2) is 4.80 Å². The number of hydrogen-bond donors (Lipinski definition) is 0. The zero-order valence-corrected chi connectivity index (χ0v) is 13.2. The Balaban J connectivity index is 2.53.